The third kappa shape index (κ3) is 2.71. The molecule has 1 saturated carbocycles. The zero-order chi connectivity index (χ0) is 12.5. The van der Waals surface area contributed by atoms with Gasteiger partial charge in [-0.05, 0) is 25.2 Å². The SMILES string of the molecule is CC(C)=C[C@@H]1C(C(=O)OC=[N+](C)C)C1(C)C. The summed E-state index contributed by atoms with van der Waals surface area (Å²) < 4.78 is 6.83. The van der Waals surface area contributed by atoms with Gasteiger partial charge < -0.3 is 4.74 Å². The van der Waals surface area contributed by atoms with E-state index in [1.165, 1.54) is 12.0 Å². The maximum Gasteiger partial charge on any atom is 0.331 e. The van der Waals surface area contributed by atoms with Crippen LogP contribution in [0.3, 0.4) is 0 Å². The summed E-state index contributed by atoms with van der Waals surface area (Å²) in [6.45, 7) is 8.34. The molecular weight excluding hydrogens is 202 g/mol. The highest BCUT2D eigenvalue weighted by Gasteiger charge is 2.61. The minimum absolute atomic E-state index is 0.00130. The Balaban J connectivity index is 2.66. The highest BCUT2D eigenvalue weighted by Crippen LogP contribution is 2.59. The third-order valence-corrected chi connectivity index (χ3v) is 3.06. The normalized spacial score (nSPS) is 25.6. The summed E-state index contributed by atoms with van der Waals surface area (Å²) in [7, 11) is 3.66. The van der Waals surface area contributed by atoms with E-state index in [9.17, 15) is 4.79 Å². The van der Waals surface area contributed by atoms with Crippen molar-refractivity contribution in [1.29, 1.82) is 0 Å². The molecule has 0 bridgehead atoms. The largest absolute Gasteiger partial charge is 0.377 e. The number of ether oxygens (including phenoxy) is 1. The molecule has 0 aromatic heterocycles. The monoisotopic (exact) mass is 224 g/mol. The number of hydrogen-bond acceptors (Lipinski definition) is 2. The molecule has 0 amide bonds. The Bertz CT molecular complexity index is 345. The molecule has 1 fully saturated rings. The molecule has 0 N–H and O–H groups in total. The van der Waals surface area contributed by atoms with E-state index in [1.807, 2.05) is 14.1 Å². The van der Waals surface area contributed by atoms with Gasteiger partial charge in [0.25, 0.3) is 0 Å². The van der Waals surface area contributed by atoms with Crippen LogP contribution in [0.4, 0.5) is 0 Å². The Hall–Kier alpha value is -1.12. The van der Waals surface area contributed by atoms with Gasteiger partial charge in [-0.2, -0.15) is 0 Å². The first kappa shape index (κ1) is 12.9. The van der Waals surface area contributed by atoms with E-state index in [4.69, 9.17) is 4.74 Å². The lowest BCUT2D eigenvalue weighted by Gasteiger charge is -1.99. The molecule has 0 aromatic rings. The van der Waals surface area contributed by atoms with Gasteiger partial charge in [0.05, 0.1) is 5.92 Å². The maximum absolute atomic E-state index is 11.8. The molecule has 1 aliphatic rings. The van der Waals surface area contributed by atoms with Crippen LogP contribution in [-0.4, -0.2) is 31.0 Å². The molecule has 0 radical (unpaired) electrons. The van der Waals surface area contributed by atoms with Gasteiger partial charge in [-0.15, -0.1) is 0 Å². The van der Waals surface area contributed by atoms with Crippen molar-refractivity contribution in [3.05, 3.63) is 11.6 Å². The van der Waals surface area contributed by atoms with Crippen LogP contribution >= 0.6 is 0 Å². The van der Waals surface area contributed by atoms with Crippen LogP contribution in [0, 0.1) is 17.3 Å². The van der Waals surface area contributed by atoms with Gasteiger partial charge in [-0.25, -0.2) is 4.58 Å². The number of rotatable bonds is 3. The quantitative estimate of drug-likeness (QED) is 0.241. The fourth-order valence-electron chi connectivity index (χ4n) is 2.03. The average molecular weight is 224 g/mol. The summed E-state index contributed by atoms with van der Waals surface area (Å²) in [6, 6.07) is 0. The Morgan fingerprint density at radius 2 is 1.88 bits per heavy atom. The minimum Gasteiger partial charge on any atom is -0.377 e. The van der Waals surface area contributed by atoms with E-state index < -0.39 is 0 Å². The molecule has 1 unspecified atom stereocenters. The van der Waals surface area contributed by atoms with Gasteiger partial charge in [0.2, 0.25) is 0 Å². The number of nitrogens with zero attached hydrogens (tertiary/aromatic N) is 1. The van der Waals surface area contributed by atoms with Crippen LogP contribution in [0.1, 0.15) is 27.7 Å². The molecular formula is C13H22NO2+. The fraction of sp³-hybridized carbons (Fsp3) is 0.692. The molecule has 0 aromatic carbocycles. The van der Waals surface area contributed by atoms with Gasteiger partial charge in [0.15, 0.2) is 0 Å². The standard InChI is InChI=1S/C13H22NO2/c1-9(2)7-10-11(13(10,3)4)12(15)16-8-14(5)6/h7-8,10-11H,1-6H3/q+1/t10-,11?/m1/s1. The van der Waals surface area contributed by atoms with Crippen molar-refractivity contribution in [2.45, 2.75) is 27.7 Å². The molecule has 0 saturated heterocycles. The lowest BCUT2D eigenvalue weighted by Crippen LogP contribution is -2.13. The molecule has 0 heterocycles. The summed E-state index contributed by atoms with van der Waals surface area (Å²) in [6.07, 6.45) is 3.62. The molecule has 16 heavy (non-hydrogen) atoms. The van der Waals surface area contributed by atoms with Crippen molar-refractivity contribution in [2.24, 2.45) is 17.3 Å². The number of hydrogen-bond donors (Lipinski definition) is 0. The minimum atomic E-state index is -0.124. The Morgan fingerprint density at radius 1 is 1.31 bits per heavy atom. The Kier molecular flexibility index (Phi) is 3.56. The number of allylic oxidation sites excluding steroid dienone is 2. The molecule has 2 atom stereocenters. The second kappa shape index (κ2) is 4.40. The summed E-state index contributed by atoms with van der Waals surface area (Å²) in [5.74, 6) is 0.195. The summed E-state index contributed by atoms with van der Waals surface area (Å²) in [5.41, 5.74) is 1.29. The smallest absolute Gasteiger partial charge is 0.331 e. The fourth-order valence-corrected chi connectivity index (χ4v) is 2.03. The second-order valence-corrected chi connectivity index (χ2v) is 5.57. The van der Waals surface area contributed by atoms with Crippen molar-refractivity contribution in [2.75, 3.05) is 14.1 Å². The number of carbonyl (C=O) groups excluding carboxylic acids is 1. The van der Waals surface area contributed by atoms with Crippen LogP contribution in [-0.2, 0) is 9.53 Å². The zero-order valence-electron chi connectivity index (χ0n) is 11.1. The first-order valence-corrected chi connectivity index (χ1v) is 5.62. The van der Waals surface area contributed by atoms with Crippen molar-refractivity contribution >= 4 is 12.4 Å². The predicted octanol–water partition coefficient (Wildman–Crippen LogP) is 2.07. The molecule has 1 aliphatic carbocycles. The van der Waals surface area contributed by atoms with E-state index in [0.717, 1.165) is 0 Å². The average Bonchev–Trinajstić information content (AvgIpc) is 2.63. The van der Waals surface area contributed by atoms with E-state index in [1.54, 1.807) is 4.58 Å². The zero-order valence-corrected chi connectivity index (χ0v) is 11.1. The molecule has 3 heteroatoms. The van der Waals surface area contributed by atoms with E-state index in [0.29, 0.717) is 5.92 Å². The van der Waals surface area contributed by atoms with Crippen LogP contribution in [0.15, 0.2) is 11.6 Å². The van der Waals surface area contributed by atoms with Crippen LogP contribution < -0.4 is 0 Å². The van der Waals surface area contributed by atoms with E-state index in [-0.39, 0.29) is 17.3 Å². The number of esters is 1. The first-order valence-electron chi connectivity index (χ1n) is 5.62. The molecule has 1 rings (SSSR count). The molecule has 3 nitrogen and oxygen atoms in total. The van der Waals surface area contributed by atoms with Gasteiger partial charge in [0.1, 0.15) is 14.1 Å². The van der Waals surface area contributed by atoms with Crippen LogP contribution in [0.25, 0.3) is 0 Å². The van der Waals surface area contributed by atoms with Crippen molar-refractivity contribution in [3.8, 4) is 0 Å². The van der Waals surface area contributed by atoms with Crippen LogP contribution in [0.5, 0.6) is 0 Å². The van der Waals surface area contributed by atoms with Gasteiger partial charge in [0, 0.05) is 0 Å². The summed E-state index contributed by atoms with van der Waals surface area (Å²) in [5, 5.41) is 0. The molecule has 0 spiro atoms. The Morgan fingerprint density at radius 3 is 2.31 bits per heavy atom. The summed E-state index contributed by atoms with van der Waals surface area (Å²) in [4.78, 5) is 11.8. The van der Waals surface area contributed by atoms with E-state index in [2.05, 4.69) is 33.8 Å². The lowest BCUT2D eigenvalue weighted by molar-refractivity contribution is -0.467. The highest BCUT2D eigenvalue weighted by atomic mass is 16.5. The molecule has 0 aliphatic heterocycles. The summed E-state index contributed by atoms with van der Waals surface area (Å²) >= 11 is 0. The first-order chi connectivity index (χ1) is 7.26. The topological polar surface area (TPSA) is 29.3 Å². The predicted molar refractivity (Wildman–Crippen MR) is 64.5 cm³/mol. The Labute approximate surface area is 97.8 Å². The van der Waals surface area contributed by atoms with Gasteiger partial charge >= 0.3 is 12.4 Å². The third-order valence-electron chi connectivity index (χ3n) is 3.06. The maximum atomic E-state index is 11.8. The van der Waals surface area contributed by atoms with Gasteiger partial charge in [-0.3, -0.25) is 4.79 Å². The lowest BCUT2D eigenvalue weighted by atomic mass is 10.1. The van der Waals surface area contributed by atoms with Crippen molar-refractivity contribution in [1.82, 2.24) is 0 Å². The second-order valence-electron chi connectivity index (χ2n) is 5.57. The van der Waals surface area contributed by atoms with Gasteiger partial charge in [-0.1, -0.05) is 25.5 Å². The molecule has 90 valence electrons. The highest BCUT2D eigenvalue weighted by molar-refractivity contribution is 5.83. The van der Waals surface area contributed by atoms with Crippen molar-refractivity contribution in [3.63, 3.8) is 0 Å². The van der Waals surface area contributed by atoms with E-state index >= 15 is 0 Å². The van der Waals surface area contributed by atoms with Crippen LogP contribution in [0.2, 0.25) is 0 Å². The number of carbonyl (C=O) groups is 1. The van der Waals surface area contributed by atoms with Crippen molar-refractivity contribution < 1.29 is 14.1 Å².